The van der Waals surface area contributed by atoms with Crippen molar-refractivity contribution in [2.75, 3.05) is 6.54 Å². The highest BCUT2D eigenvalue weighted by molar-refractivity contribution is 5.27. The molecule has 0 aliphatic heterocycles. The molecule has 0 saturated heterocycles. The molecule has 6 heteroatoms. The summed E-state index contributed by atoms with van der Waals surface area (Å²) in [6.45, 7) is 2.00. The topological polar surface area (TPSA) is 63.2 Å². The number of rotatable bonds is 6. The number of aromatic nitrogens is 2. The van der Waals surface area contributed by atoms with Crippen LogP contribution >= 0.6 is 0 Å². The summed E-state index contributed by atoms with van der Waals surface area (Å²) in [6.07, 6.45) is 5.01. The largest absolute Gasteiger partial charge is 0.467 e. The summed E-state index contributed by atoms with van der Waals surface area (Å²) in [7, 11) is 1.80. The Labute approximate surface area is 139 Å². The summed E-state index contributed by atoms with van der Waals surface area (Å²) >= 11 is 0. The average Bonchev–Trinajstić information content (AvgIpc) is 3.21. The van der Waals surface area contributed by atoms with Gasteiger partial charge in [0.25, 0.3) is 0 Å². The van der Waals surface area contributed by atoms with E-state index in [0.29, 0.717) is 5.76 Å². The lowest BCUT2D eigenvalue weighted by Crippen LogP contribution is -2.37. The number of benzene rings is 1. The quantitative estimate of drug-likeness (QED) is 0.730. The van der Waals surface area contributed by atoms with Crippen LogP contribution in [0.2, 0.25) is 0 Å². The van der Waals surface area contributed by atoms with E-state index in [4.69, 9.17) is 4.42 Å². The van der Waals surface area contributed by atoms with Gasteiger partial charge in [0.15, 0.2) is 0 Å². The van der Waals surface area contributed by atoms with E-state index in [2.05, 4.69) is 10.4 Å². The van der Waals surface area contributed by atoms with Gasteiger partial charge in [0.2, 0.25) is 0 Å². The van der Waals surface area contributed by atoms with Gasteiger partial charge in [-0.25, -0.2) is 4.39 Å². The van der Waals surface area contributed by atoms with Gasteiger partial charge in [0, 0.05) is 25.4 Å². The number of nitrogens with one attached hydrogen (secondary N) is 1. The molecule has 2 N–H and O–H groups in total. The van der Waals surface area contributed by atoms with Gasteiger partial charge in [0.1, 0.15) is 17.2 Å². The monoisotopic (exact) mass is 329 g/mol. The van der Waals surface area contributed by atoms with Gasteiger partial charge in [-0.15, -0.1) is 0 Å². The molecule has 0 saturated carbocycles. The molecule has 0 spiro atoms. The third-order valence-electron chi connectivity index (χ3n) is 4.01. The number of nitrogens with zero attached hydrogens (tertiary/aromatic N) is 2. The molecule has 24 heavy (non-hydrogen) atoms. The van der Waals surface area contributed by atoms with Crippen LogP contribution in [0.15, 0.2) is 59.5 Å². The second-order valence-corrected chi connectivity index (χ2v) is 6.06. The van der Waals surface area contributed by atoms with Crippen molar-refractivity contribution in [3.8, 4) is 0 Å². The van der Waals surface area contributed by atoms with Gasteiger partial charge in [-0.3, -0.25) is 4.68 Å². The standard InChI is InChI=1S/C18H20FN3O2/c1-18(23,14-10-21-22(2)11-14)12-20-17(16-4-3-9-24-16)13-5-7-15(19)8-6-13/h3-11,17,20,23H,12H2,1-2H3/t17-,18+/m1/s1. The predicted molar refractivity (Wildman–Crippen MR) is 87.7 cm³/mol. The van der Waals surface area contributed by atoms with Crippen LogP contribution in [0.3, 0.4) is 0 Å². The summed E-state index contributed by atoms with van der Waals surface area (Å²) in [6, 6.07) is 9.58. The first-order valence-corrected chi connectivity index (χ1v) is 7.69. The number of furan rings is 1. The van der Waals surface area contributed by atoms with E-state index in [1.165, 1.54) is 12.1 Å². The van der Waals surface area contributed by atoms with Crippen LogP contribution in [0.4, 0.5) is 4.39 Å². The van der Waals surface area contributed by atoms with E-state index in [-0.39, 0.29) is 18.4 Å². The van der Waals surface area contributed by atoms with Gasteiger partial charge in [0.05, 0.1) is 18.5 Å². The fourth-order valence-corrected chi connectivity index (χ4v) is 2.60. The number of aryl methyl sites for hydroxylation is 1. The minimum absolute atomic E-state index is 0.279. The summed E-state index contributed by atoms with van der Waals surface area (Å²) < 4.78 is 20.3. The molecular weight excluding hydrogens is 309 g/mol. The second kappa shape index (κ2) is 6.59. The molecule has 5 nitrogen and oxygen atoms in total. The Kier molecular flexibility index (Phi) is 4.51. The maximum absolute atomic E-state index is 13.2. The Morgan fingerprint density at radius 2 is 2.08 bits per heavy atom. The molecule has 1 aromatic carbocycles. The third kappa shape index (κ3) is 3.55. The van der Waals surface area contributed by atoms with E-state index in [1.807, 2.05) is 6.07 Å². The van der Waals surface area contributed by atoms with Crippen LogP contribution in [0.1, 0.15) is 29.9 Å². The van der Waals surface area contributed by atoms with Crippen LogP contribution in [0, 0.1) is 5.82 Å². The van der Waals surface area contributed by atoms with Crippen LogP contribution in [0.5, 0.6) is 0 Å². The predicted octanol–water partition coefficient (Wildman–Crippen LogP) is 2.74. The molecule has 0 aliphatic carbocycles. The Balaban J connectivity index is 1.81. The minimum atomic E-state index is -1.10. The summed E-state index contributed by atoms with van der Waals surface area (Å²) in [5, 5.41) is 18.1. The average molecular weight is 329 g/mol. The van der Waals surface area contributed by atoms with Crippen molar-refractivity contribution in [3.05, 3.63) is 77.8 Å². The summed E-state index contributed by atoms with van der Waals surface area (Å²) in [5.41, 5.74) is 0.474. The van der Waals surface area contributed by atoms with Gasteiger partial charge in [-0.05, 0) is 36.8 Å². The van der Waals surface area contributed by atoms with Crippen molar-refractivity contribution in [2.45, 2.75) is 18.6 Å². The number of hydrogen-bond donors (Lipinski definition) is 2. The Bertz CT molecular complexity index is 779. The molecule has 3 rings (SSSR count). The first-order chi connectivity index (χ1) is 11.5. The molecule has 0 fully saturated rings. The summed E-state index contributed by atoms with van der Waals surface area (Å²) in [5.74, 6) is 0.405. The van der Waals surface area contributed by atoms with Crippen molar-refractivity contribution in [3.63, 3.8) is 0 Å². The lowest BCUT2D eigenvalue weighted by Gasteiger charge is -2.26. The van der Waals surface area contributed by atoms with E-state index in [0.717, 1.165) is 11.1 Å². The fourth-order valence-electron chi connectivity index (χ4n) is 2.60. The molecule has 0 radical (unpaired) electrons. The highest BCUT2D eigenvalue weighted by atomic mass is 19.1. The SMILES string of the molecule is Cn1cc([C@@](C)(O)CN[C@H](c2ccc(F)cc2)c2ccco2)cn1. The van der Waals surface area contributed by atoms with Crippen LogP contribution in [-0.4, -0.2) is 21.4 Å². The fraction of sp³-hybridized carbons (Fsp3) is 0.278. The van der Waals surface area contributed by atoms with Gasteiger partial charge in [-0.2, -0.15) is 5.10 Å². The second-order valence-electron chi connectivity index (χ2n) is 6.06. The number of aliphatic hydroxyl groups is 1. The van der Waals surface area contributed by atoms with Crippen molar-refractivity contribution in [1.82, 2.24) is 15.1 Å². The van der Waals surface area contributed by atoms with E-state index >= 15 is 0 Å². The number of hydrogen-bond acceptors (Lipinski definition) is 4. The van der Waals surface area contributed by atoms with E-state index in [9.17, 15) is 9.50 Å². The lowest BCUT2D eigenvalue weighted by molar-refractivity contribution is 0.0543. The smallest absolute Gasteiger partial charge is 0.125 e. The van der Waals surface area contributed by atoms with E-state index in [1.54, 1.807) is 55.5 Å². The van der Waals surface area contributed by atoms with Gasteiger partial charge < -0.3 is 14.8 Å². The van der Waals surface area contributed by atoms with Crippen LogP contribution in [-0.2, 0) is 12.6 Å². The van der Waals surface area contributed by atoms with Gasteiger partial charge in [-0.1, -0.05) is 12.1 Å². The Hall–Kier alpha value is -2.44. The lowest BCUT2D eigenvalue weighted by atomic mass is 9.97. The van der Waals surface area contributed by atoms with E-state index < -0.39 is 5.60 Å². The molecule has 2 atom stereocenters. The van der Waals surface area contributed by atoms with Crippen molar-refractivity contribution < 1.29 is 13.9 Å². The molecule has 126 valence electrons. The first kappa shape index (κ1) is 16.4. The number of halogens is 1. The van der Waals surface area contributed by atoms with Crippen molar-refractivity contribution in [2.24, 2.45) is 7.05 Å². The van der Waals surface area contributed by atoms with Crippen molar-refractivity contribution in [1.29, 1.82) is 0 Å². The molecule has 0 amide bonds. The highest BCUT2D eigenvalue weighted by Crippen LogP contribution is 2.25. The molecule has 0 aliphatic rings. The molecule has 2 heterocycles. The van der Waals surface area contributed by atoms with Crippen LogP contribution < -0.4 is 5.32 Å². The molecule has 0 bridgehead atoms. The molecule has 0 unspecified atom stereocenters. The highest BCUT2D eigenvalue weighted by Gasteiger charge is 2.27. The maximum atomic E-state index is 13.2. The zero-order valence-corrected chi connectivity index (χ0v) is 13.6. The Morgan fingerprint density at radius 3 is 2.67 bits per heavy atom. The van der Waals surface area contributed by atoms with Gasteiger partial charge >= 0.3 is 0 Å². The zero-order valence-electron chi connectivity index (χ0n) is 13.6. The molecule has 3 aromatic rings. The molecular formula is C18H20FN3O2. The minimum Gasteiger partial charge on any atom is -0.467 e. The summed E-state index contributed by atoms with van der Waals surface area (Å²) in [4.78, 5) is 0. The zero-order chi connectivity index (χ0) is 17.2. The first-order valence-electron chi connectivity index (χ1n) is 7.69. The third-order valence-corrected chi connectivity index (χ3v) is 4.01. The maximum Gasteiger partial charge on any atom is 0.125 e. The molecule has 2 aromatic heterocycles. The van der Waals surface area contributed by atoms with Crippen molar-refractivity contribution >= 4 is 0 Å². The Morgan fingerprint density at radius 1 is 1.33 bits per heavy atom. The van der Waals surface area contributed by atoms with Crippen LogP contribution in [0.25, 0.3) is 0 Å². The normalized spacial score (nSPS) is 15.2.